The SMILES string of the molecule is CC(C)(C)OC(=O)CCCCCc1cccc(S(=O)(=O)Cc2ncc(C(=O)NCCOCCOCC(=O)NCCOCCOCC(=O)O)cn2)c1. The molecule has 0 bridgehead atoms. The third-order valence-electron chi connectivity index (χ3n) is 6.61. The molecule has 51 heavy (non-hydrogen) atoms. The van der Waals surface area contributed by atoms with Crippen molar-refractivity contribution in [1.82, 2.24) is 20.6 Å². The first kappa shape index (κ1) is 43.1. The molecule has 3 N–H and O–H groups in total. The summed E-state index contributed by atoms with van der Waals surface area (Å²) in [7, 11) is -3.73. The Morgan fingerprint density at radius 2 is 1.43 bits per heavy atom. The number of amides is 2. The summed E-state index contributed by atoms with van der Waals surface area (Å²) in [6, 6.07) is 6.74. The van der Waals surface area contributed by atoms with E-state index >= 15 is 0 Å². The first-order chi connectivity index (χ1) is 24.2. The predicted octanol–water partition coefficient (Wildman–Crippen LogP) is 1.89. The van der Waals surface area contributed by atoms with E-state index < -0.39 is 33.1 Å². The molecule has 16 nitrogen and oxygen atoms in total. The van der Waals surface area contributed by atoms with E-state index in [0.717, 1.165) is 18.4 Å². The Balaban J connectivity index is 1.59. The standard InChI is InChI=1S/C34H50N4O12S/c1-34(2,3)50-32(42)11-6-4-5-8-26-9-7-10-28(20-26)51(44,45)25-29-37-21-27(22-38-29)33(43)36-13-15-47-16-18-48-23-30(39)35-12-14-46-17-19-49-24-31(40)41/h7,9-10,20-22H,4-6,8,11-19,23-25H2,1-3H3,(H,35,39)(H,36,43)(H,40,41). The van der Waals surface area contributed by atoms with Crippen molar-refractivity contribution in [1.29, 1.82) is 0 Å². The molecule has 0 aliphatic rings. The first-order valence-corrected chi connectivity index (χ1v) is 18.3. The minimum absolute atomic E-state index is 0.0597. The number of nitrogens with zero attached hydrogens (tertiary/aromatic N) is 2. The molecule has 1 heterocycles. The Kier molecular flexibility index (Phi) is 19.8. The van der Waals surface area contributed by atoms with Crippen molar-refractivity contribution in [2.24, 2.45) is 0 Å². The molecule has 0 aliphatic carbocycles. The molecule has 2 amide bonds. The van der Waals surface area contributed by atoms with Gasteiger partial charge >= 0.3 is 11.9 Å². The zero-order chi connectivity index (χ0) is 37.5. The topological polar surface area (TPSA) is 219 Å². The van der Waals surface area contributed by atoms with Crippen LogP contribution in [0, 0.1) is 0 Å². The van der Waals surface area contributed by atoms with Crippen LogP contribution in [-0.4, -0.2) is 119 Å². The summed E-state index contributed by atoms with van der Waals surface area (Å²) in [6.45, 7) is 6.56. The number of benzene rings is 1. The van der Waals surface area contributed by atoms with E-state index in [2.05, 4.69) is 20.6 Å². The minimum Gasteiger partial charge on any atom is -0.480 e. The lowest BCUT2D eigenvalue weighted by Gasteiger charge is -2.19. The molecule has 2 aromatic rings. The zero-order valence-electron chi connectivity index (χ0n) is 29.5. The molecule has 0 fully saturated rings. The quantitative estimate of drug-likeness (QED) is 0.0928. The van der Waals surface area contributed by atoms with Crippen LogP contribution < -0.4 is 10.6 Å². The van der Waals surface area contributed by atoms with Crippen molar-refractivity contribution >= 4 is 33.6 Å². The maximum absolute atomic E-state index is 13.1. The molecule has 2 rings (SSSR count). The maximum Gasteiger partial charge on any atom is 0.329 e. The zero-order valence-corrected chi connectivity index (χ0v) is 30.3. The Morgan fingerprint density at radius 3 is 2.08 bits per heavy atom. The molecule has 0 saturated heterocycles. The Labute approximate surface area is 298 Å². The van der Waals surface area contributed by atoms with Crippen LogP contribution >= 0.6 is 0 Å². The fourth-order valence-corrected chi connectivity index (χ4v) is 5.55. The van der Waals surface area contributed by atoms with E-state index in [4.69, 9.17) is 28.8 Å². The number of hydrogen-bond acceptors (Lipinski definition) is 13. The molecule has 0 saturated carbocycles. The minimum atomic E-state index is -3.73. The number of carboxylic acids is 1. The van der Waals surface area contributed by atoms with Gasteiger partial charge in [0.25, 0.3) is 5.91 Å². The van der Waals surface area contributed by atoms with Gasteiger partial charge in [0.05, 0.1) is 50.1 Å². The van der Waals surface area contributed by atoms with Crippen LogP contribution in [-0.2, 0) is 60.1 Å². The van der Waals surface area contributed by atoms with Gasteiger partial charge in [-0.3, -0.25) is 14.4 Å². The van der Waals surface area contributed by atoms with Crippen molar-refractivity contribution in [3.8, 4) is 0 Å². The van der Waals surface area contributed by atoms with Crippen molar-refractivity contribution < 1.29 is 56.4 Å². The Hall–Kier alpha value is -4.03. The normalized spacial score (nSPS) is 11.6. The van der Waals surface area contributed by atoms with E-state index in [9.17, 15) is 27.6 Å². The molecule has 0 unspecified atom stereocenters. The predicted molar refractivity (Wildman–Crippen MR) is 184 cm³/mol. The summed E-state index contributed by atoms with van der Waals surface area (Å²) in [5.74, 6) is -2.42. The van der Waals surface area contributed by atoms with Gasteiger partial charge in [0, 0.05) is 31.9 Å². The van der Waals surface area contributed by atoms with Crippen molar-refractivity contribution in [3.63, 3.8) is 0 Å². The number of esters is 1. The van der Waals surface area contributed by atoms with Crippen LogP contribution in [0.4, 0.5) is 0 Å². The fourth-order valence-electron chi connectivity index (χ4n) is 4.28. The van der Waals surface area contributed by atoms with Gasteiger partial charge in [-0.2, -0.15) is 0 Å². The average Bonchev–Trinajstić information content (AvgIpc) is 3.06. The van der Waals surface area contributed by atoms with E-state index in [1.165, 1.54) is 18.5 Å². The second kappa shape index (κ2) is 23.4. The summed E-state index contributed by atoms with van der Waals surface area (Å²) in [5, 5.41) is 13.7. The highest BCUT2D eigenvalue weighted by atomic mass is 32.2. The molecule has 1 aromatic carbocycles. The number of ether oxygens (including phenoxy) is 5. The summed E-state index contributed by atoms with van der Waals surface area (Å²) in [5.41, 5.74) is 0.534. The van der Waals surface area contributed by atoms with Gasteiger partial charge < -0.3 is 39.4 Å². The molecule has 0 spiro atoms. The van der Waals surface area contributed by atoms with E-state index in [1.54, 1.807) is 12.1 Å². The largest absolute Gasteiger partial charge is 0.480 e. The number of aromatic nitrogens is 2. The van der Waals surface area contributed by atoms with Gasteiger partial charge in [0.15, 0.2) is 9.84 Å². The molecular weight excluding hydrogens is 688 g/mol. The van der Waals surface area contributed by atoms with Gasteiger partial charge in [-0.15, -0.1) is 0 Å². The number of rotatable bonds is 26. The van der Waals surface area contributed by atoms with Gasteiger partial charge in [0.2, 0.25) is 5.91 Å². The lowest BCUT2D eigenvalue weighted by molar-refractivity contribution is -0.155. The van der Waals surface area contributed by atoms with Gasteiger partial charge in [-0.1, -0.05) is 18.6 Å². The number of carbonyl (C=O) groups is 4. The van der Waals surface area contributed by atoms with Crippen molar-refractivity contribution in [3.05, 3.63) is 53.6 Å². The monoisotopic (exact) mass is 738 g/mol. The number of hydrogen-bond donors (Lipinski definition) is 3. The van der Waals surface area contributed by atoms with E-state index in [0.29, 0.717) is 19.3 Å². The highest BCUT2D eigenvalue weighted by Crippen LogP contribution is 2.18. The Morgan fingerprint density at radius 1 is 0.804 bits per heavy atom. The smallest absolute Gasteiger partial charge is 0.329 e. The lowest BCUT2D eigenvalue weighted by Crippen LogP contribution is -2.31. The highest BCUT2D eigenvalue weighted by molar-refractivity contribution is 7.90. The molecule has 284 valence electrons. The lowest BCUT2D eigenvalue weighted by atomic mass is 10.1. The molecule has 0 aliphatic heterocycles. The Bertz CT molecular complexity index is 1480. The second-order valence-electron chi connectivity index (χ2n) is 12.3. The maximum atomic E-state index is 13.1. The number of aryl methyl sites for hydroxylation is 1. The third-order valence-corrected chi connectivity index (χ3v) is 8.22. The van der Waals surface area contributed by atoms with E-state index in [-0.39, 0.29) is 94.1 Å². The average molecular weight is 739 g/mol. The highest BCUT2D eigenvalue weighted by Gasteiger charge is 2.19. The van der Waals surface area contributed by atoms with Crippen LogP contribution in [0.1, 0.15) is 68.2 Å². The summed E-state index contributed by atoms with van der Waals surface area (Å²) in [4.78, 5) is 54.6. The number of unbranched alkanes of at least 4 members (excludes halogenated alkanes) is 2. The van der Waals surface area contributed by atoms with Crippen molar-refractivity contribution in [2.75, 3.05) is 65.9 Å². The molecule has 0 atom stereocenters. The summed E-state index contributed by atoms with van der Waals surface area (Å²) in [6.07, 6.45) is 5.87. The van der Waals surface area contributed by atoms with Gasteiger partial charge in [-0.05, 0) is 57.7 Å². The number of sulfone groups is 1. The fraction of sp³-hybridized carbons (Fsp3) is 0.588. The van der Waals surface area contributed by atoms with Crippen LogP contribution in [0.2, 0.25) is 0 Å². The molecule has 1 aromatic heterocycles. The number of nitrogens with one attached hydrogen (secondary N) is 2. The second-order valence-corrected chi connectivity index (χ2v) is 14.3. The van der Waals surface area contributed by atoms with Crippen LogP contribution in [0.3, 0.4) is 0 Å². The first-order valence-electron chi connectivity index (χ1n) is 16.7. The third kappa shape index (κ3) is 20.4. The van der Waals surface area contributed by atoms with Gasteiger partial charge in [0.1, 0.15) is 30.4 Å². The van der Waals surface area contributed by atoms with E-state index in [1.807, 2.05) is 26.8 Å². The van der Waals surface area contributed by atoms with Crippen molar-refractivity contribution in [2.45, 2.75) is 69.1 Å². The molecule has 0 radical (unpaired) electrons. The summed E-state index contributed by atoms with van der Waals surface area (Å²) < 4.78 is 52.1. The van der Waals surface area contributed by atoms with Crippen LogP contribution in [0.25, 0.3) is 0 Å². The molecular formula is C34H50N4O12S. The number of carboxylic acid groups (broad SMARTS) is 1. The van der Waals surface area contributed by atoms with Crippen LogP contribution in [0.15, 0.2) is 41.6 Å². The van der Waals surface area contributed by atoms with Gasteiger partial charge in [-0.25, -0.2) is 23.2 Å². The summed E-state index contributed by atoms with van der Waals surface area (Å²) >= 11 is 0. The van der Waals surface area contributed by atoms with Crippen LogP contribution in [0.5, 0.6) is 0 Å². The number of carbonyl (C=O) groups excluding carboxylic acids is 3. The number of aliphatic carboxylic acids is 1. The molecule has 17 heteroatoms.